The molecule has 0 spiro atoms. The zero-order valence-corrected chi connectivity index (χ0v) is 12.1. The van der Waals surface area contributed by atoms with Gasteiger partial charge in [0.25, 0.3) is 0 Å². The molecule has 0 bridgehead atoms. The lowest BCUT2D eigenvalue weighted by atomic mass is 10.2. The summed E-state index contributed by atoms with van der Waals surface area (Å²) in [7, 11) is 5.14. The maximum absolute atomic E-state index is 11.4. The normalized spacial score (nSPS) is 10.8. The molecule has 1 amide bonds. The summed E-state index contributed by atoms with van der Waals surface area (Å²) in [5.74, 6) is 1.68. The Labute approximate surface area is 118 Å². The van der Waals surface area contributed by atoms with E-state index in [1.807, 2.05) is 24.3 Å². The van der Waals surface area contributed by atoms with Crippen LogP contribution in [0.15, 0.2) is 28.7 Å². The van der Waals surface area contributed by atoms with E-state index >= 15 is 0 Å². The summed E-state index contributed by atoms with van der Waals surface area (Å²) >= 11 is 0. The first kappa shape index (κ1) is 14.4. The summed E-state index contributed by atoms with van der Waals surface area (Å²) in [6.07, 6.45) is 0.483. The van der Waals surface area contributed by atoms with Crippen LogP contribution in [0.2, 0.25) is 0 Å². The second-order valence-electron chi connectivity index (χ2n) is 4.81. The number of hydrogen-bond acceptors (Lipinski definition) is 4. The quantitative estimate of drug-likeness (QED) is 0.820. The third-order valence-corrected chi connectivity index (χ3v) is 3.09. The van der Waals surface area contributed by atoms with Crippen molar-refractivity contribution >= 4 is 16.9 Å². The summed E-state index contributed by atoms with van der Waals surface area (Å²) in [5, 5.41) is 4.22. The Bertz CT molecular complexity index is 590. The number of benzene rings is 1. The van der Waals surface area contributed by atoms with E-state index in [4.69, 9.17) is 9.15 Å². The zero-order valence-electron chi connectivity index (χ0n) is 12.1. The Kier molecular flexibility index (Phi) is 4.63. The van der Waals surface area contributed by atoms with Crippen molar-refractivity contribution in [3.8, 4) is 5.75 Å². The summed E-state index contributed by atoms with van der Waals surface area (Å²) in [6, 6.07) is 7.78. The molecule has 0 unspecified atom stereocenters. The maximum atomic E-state index is 11.4. The number of carbonyl (C=O) groups is 1. The minimum atomic E-state index is 0.115. The first-order valence-corrected chi connectivity index (χ1v) is 6.58. The lowest BCUT2D eigenvalue weighted by Gasteiger charge is -2.09. The second kappa shape index (κ2) is 6.43. The molecule has 0 saturated carbocycles. The SMILES string of the molecule is COc1cccc2cc(CNCCC(=O)N(C)C)oc12. The summed E-state index contributed by atoms with van der Waals surface area (Å²) < 4.78 is 11.0. The van der Waals surface area contributed by atoms with Crippen molar-refractivity contribution in [3.05, 3.63) is 30.0 Å². The van der Waals surface area contributed by atoms with Gasteiger partial charge in [0.2, 0.25) is 5.91 Å². The molecule has 5 nitrogen and oxygen atoms in total. The fourth-order valence-corrected chi connectivity index (χ4v) is 1.97. The van der Waals surface area contributed by atoms with Gasteiger partial charge in [0.05, 0.1) is 13.7 Å². The molecule has 1 aromatic carbocycles. The van der Waals surface area contributed by atoms with Gasteiger partial charge in [-0.2, -0.15) is 0 Å². The highest BCUT2D eigenvalue weighted by Crippen LogP contribution is 2.28. The molecular weight excluding hydrogens is 256 g/mol. The van der Waals surface area contributed by atoms with Crippen molar-refractivity contribution < 1.29 is 13.9 Å². The van der Waals surface area contributed by atoms with Gasteiger partial charge in [-0.15, -0.1) is 0 Å². The van der Waals surface area contributed by atoms with E-state index in [0.717, 1.165) is 22.5 Å². The van der Waals surface area contributed by atoms with E-state index in [2.05, 4.69) is 5.32 Å². The Morgan fingerprint density at radius 3 is 2.90 bits per heavy atom. The van der Waals surface area contributed by atoms with E-state index in [1.165, 1.54) is 0 Å². The van der Waals surface area contributed by atoms with Crippen LogP contribution < -0.4 is 10.1 Å². The number of nitrogens with zero attached hydrogens (tertiary/aromatic N) is 1. The first-order chi connectivity index (χ1) is 9.61. The number of furan rings is 1. The molecule has 0 aliphatic heterocycles. The van der Waals surface area contributed by atoms with Gasteiger partial charge in [0.15, 0.2) is 11.3 Å². The molecule has 0 aliphatic carbocycles. The average Bonchev–Trinajstić information content (AvgIpc) is 2.85. The average molecular weight is 276 g/mol. The molecule has 0 atom stereocenters. The van der Waals surface area contributed by atoms with Crippen molar-refractivity contribution in [3.63, 3.8) is 0 Å². The van der Waals surface area contributed by atoms with Crippen LogP contribution in [0.4, 0.5) is 0 Å². The molecule has 2 rings (SSSR count). The fourth-order valence-electron chi connectivity index (χ4n) is 1.97. The molecule has 0 radical (unpaired) electrons. The minimum absolute atomic E-state index is 0.115. The second-order valence-corrected chi connectivity index (χ2v) is 4.81. The van der Waals surface area contributed by atoms with Gasteiger partial charge in [-0.05, 0) is 12.1 Å². The number of para-hydroxylation sites is 1. The third kappa shape index (κ3) is 3.30. The smallest absolute Gasteiger partial charge is 0.223 e. The van der Waals surface area contributed by atoms with Gasteiger partial charge in [0.1, 0.15) is 5.76 Å². The van der Waals surface area contributed by atoms with Crippen LogP contribution in [-0.2, 0) is 11.3 Å². The maximum Gasteiger partial charge on any atom is 0.223 e. The van der Waals surface area contributed by atoms with Gasteiger partial charge in [-0.25, -0.2) is 0 Å². The molecule has 108 valence electrons. The Morgan fingerprint density at radius 2 is 2.20 bits per heavy atom. The van der Waals surface area contributed by atoms with Crippen LogP contribution in [0.1, 0.15) is 12.2 Å². The highest BCUT2D eigenvalue weighted by molar-refractivity contribution is 5.83. The topological polar surface area (TPSA) is 54.7 Å². The van der Waals surface area contributed by atoms with Crippen LogP contribution in [0.5, 0.6) is 5.75 Å². The predicted octanol–water partition coefficient (Wildman–Crippen LogP) is 2.01. The van der Waals surface area contributed by atoms with E-state index in [-0.39, 0.29) is 5.91 Å². The number of amides is 1. The van der Waals surface area contributed by atoms with Crippen LogP contribution >= 0.6 is 0 Å². The summed E-state index contributed by atoms with van der Waals surface area (Å²) in [4.78, 5) is 13.0. The van der Waals surface area contributed by atoms with Crippen LogP contribution in [0.25, 0.3) is 11.0 Å². The molecular formula is C15H20N2O3. The van der Waals surface area contributed by atoms with E-state index in [0.29, 0.717) is 19.5 Å². The fraction of sp³-hybridized carbons (Fsp3) is 0.400. The lowest BCUT2D eigenvalue weighted by molar-refractivity contribution is -0.128. The number of carbonyl (C=O) groups excluding carboxylic acids is 1. The van der Waals surface area contributed by atoms with Crippen molar-refractivity contribution in [2.24, 2.45) is 0 Å². The van der Waals surface area contributed by atoms with Gasteiger partial charge >= 0.3 is 0 Å². The van der Waals surface area contributed by atoms with Crippen molar-refractivity contribution in [2.45, 2.75) is 13.0 Å². The van der Waals surface area contributed by atoms with Gasteiger partial charge < -0.3 is 19.4 Å². The predicted molar refractivity (Wildman–Crippen MR) is 77.8 cm³/mol. The first-order valence-electron chi connectivity index (χ1n) is 6.58. The van der Waals surface area contributed by atoms with E-state index < -0.39 is 0 Å². The summed E-state index contributed by atoms with van der Waals surface area (Å²) in [5.41, 5.74) is 0.760. The number of ether oxygens (including phenoxy) is 1. The summed E-state index contributed by atoms with van der Waals surface area (Å²) in [6.45, 7) is 1.23. The molecule has 1 heterocycles. The molecule has 2 aromatic rings. The molecule has 0 aliphatic rings. The molecule has 20 heavy (non-hydrogen) atoms. The molecule has 5 heteroatoms. The van der Waals surface area contributed by atoms with Crippen LogP contribution in [0, 0.1) is 0 Å². The highest BCUT2D eigenvalue weighted by Gasteiger charge is 2.08. The largest absolute Gasteiger partial charge is 0.493 e. The molecule has 0 fully saturated rings. The van der Waals surface area contributed by atoms with Crippen molar-refractivity contribution in [1.29, 1.82) is 0 Å². The number of hydrogen-bond donors (Lipinski definition) is 1. The Morgan fingerprint density at radius 1 is 1.40 bits per heavy atom. The van der Waals surface area contributed by atoms with Crippen molar-refractivity contribution in [2.75, 3.05) is 27.7 Å². The lowest BCUT2D eigenvalue weighted by Crippen LogP contribution is -2.26. The Hall–Kier alpha value is -2.01. The van der Waals surface area contributed by atoms with Crippen LogP contribution in [0.3, 0.4) is 0 Å². The zero-order chi connectivity index (χ0) is 14.5. The molecule has 1 N–H and O–H groups in total. The standard InChI is InChI=1S/C15H20N2O3/c1-17(2)14(18)7-8-16-10-12-9-11-5-4-6-13(19-3)15(11)20-12/h4-6,9,16H,7-8,10H2,1-3H3. The van der Waals surface area contributed by atoms with E-state index in [9.17, 15) is 4.79 Å². The van der Waals surface area contributed by atoms with Gasteiger partial charge in [-0.1, -0.05) is 12.1 Å². The highest BCUT2D eigenvalue weighted by atomic mass is 16.5. The van der Waals surface area contributed by atoms with Crippen LogP contribution in [-0.4, -0.2) is 38.6 Å². The monoisotopic (exact) mass is 276 g/mol. The Balaban J connectivity index is 1.92. The number of nitrogens with one attached hydrogen (secondary N) is 1. The molecule has 1 aromatic heterocycles. The number of rotatable bonds is 6. The van der Waals surface area contributed by atoms with E-state index in [1.54, 1.807) is 26.1 Å². The minimum Gasteiger partial charge on any atom is -0.493 e. The van der Waals surface area contributed by atoms with Crippen molar-refractivity contribution in [1.82, 2.24) is 10.2 Å². The van der Waals surface area contributed by atoms with Gasteiger partial charge in [0, 0.05) is 32.4 Å². The third-order valence-electron chi connectivity index (χ3n) is 3.09. The number of methoxy groups -OCH3 is 1. The number of fused-ring (bicyclic) bond motifs is 1. The van der Waals surface area contributed by atoms with Gasteiger partial charge in [-0.3, -0.25) is 4.79 Å². The molecule has 0 saturated heterocycles.